The maximum atomic E-state index is 5.14. The second-order valence-electron chi connectivity index (χ2n) is 6.43. The van der Waals surface area contributed by atoms with Gasteiger partial charge in [0.2, 0.25) is 0 Å². The molecule has 21 heavy (non-hydrogen) atoms. The summed E-state index contributed by atoms with van der Waals surface area (Å²) in [6.07, 6.45) is 6.51. The molecule has 110 valence electrons. The Labute approximate surface area is 130 Å². The van der Waals surface area contributed by atoms with E-state index in [1.807, 2.05) is 18.4 Å². The number of thiazole rings is 1. The van der Waals surface area contributed by atoms with Crippen molar-refractivity contribution in [1.29, 1.82) is 0 Å². The molecular formula is C18H22N2S. The Morgan fingerprint density at radius 2 is 2.00 bits per heavy atom. The summed E-state index contributed by atoms with van der Waals surface area (Å²) in [7, 11) is 2.03. The summed E-state index contributed by atoms with van der Waals surface area (Å²) in [5.74, 6) is 0.742. The van der Waals surface area contributed by atoms with Crippen LogP contribution in [0.4, 0.5) is 0 Å². The van der Waals surface area contributed by atoms with Gasteiger partial charge in [0.1, 0.15) is 5.01 Å². The average Bonchev–Trinajstić information content (AvgIpc) is 3.22. The van der Waals surface area contributed by atoms with E-state index in [0.29, 0.717) is 0 Å². The Kier molecular flexibility index (Phi) is 3.35. The molecule has 1 heterocycles. The Morgan fingerprint density at radius 1 is 1.24 bits per heavy atom. The van der Waals surface area contributed by atoms with E-state index in [1.165, 1.54) is 53.2 Å². The molecule has 2 saturated carbocycles. The normalized spacial score (nSPS) is 20.2. The Morgan fingerprint density at radius 3 is 2.57 bits per heavy atom. The number of hydrogen-bond acceptors (Lipinski definition) is 3. The van der Waals surface area contributed by atoms with E-state index in [0.717, 1.165) is 12.5 Å². The molecule has 2 nitrogen and oxygen atoms in total. The first-order valence-electron chi connectivity index (χ1n) is 8.04. The zero-order chi connectivity index (χ0) is 14.3. The highest BCUT2D eigenvalue weighted by atomic mass is 32.1. The standard InChI is InChI=1S/C18H22N2S/c1-19-12-15-16(13-8-9-13)20-17(21-15)18(10-5-11-18)14-6-3-2-4-7-14/h2-4,6-7,13,19H,5,8-12H2,1H3. The van der Waals surface area contributed by atoms with Crippen molar-refractivity contribution in [2.75, 3.05) is 7.05 Å². The first-order valence-corrected chi connectivity index (χ1v) is 8.85. The summed E-state index contributed by atoms with van der Waals surface area (Å²) in [6.45, 7) is 0.967. The molecule has 0 unspecified atom stereocenters. The molecule has 3 heteroatoms. The molecule has 2 aromatic rings. The van der Waals surface area contributed by atoms with Gasteiger partial charge in [0.25, 0.3) is 0 Å². The Hall–Kier alpha value is -1.19. The summed E-state index contributed by atoms with van der Waals surface area (Å²) >= 11 is 1.96. The molecule has 2 fully saturated rings. The van der Waals surface area contributed by atoms with Gasteiger partial charge in [0, 0.05) is 22.8 Å². The van der Waals surface area contributed by atoms with Crippen molar-refractivity contribution < 1.29 is 0 Å². The van der Waals surface area contributed by atoms with Crippen LogP contribution in [-0.2, 0) is 12.0 Å². The summed E-state index contributed by atoms with van der Waals surface area (Å²) in [6, 6.07) is 11.0. The predicted molar refractivity (Wildman–Crippen MR) is 87.9 cm³/mol. The van der Waals surface area contributed by atoms with Gasteiger partial charge >= 0.3 is 0 Å². The van der Waals surface area contributed by atoms with E-state index in [2.05, 4.69) is 35.6 Å². The van der Waals surface area contributed by atoms with E-state index >= 15 is 0 Å². The van der Waals surface area contributed by atoms with Crippen LogP contribution < -0.4 is 5.32 Å². The van der Waals surface area contributed by atoms with Crippen molar-refractivity contribution in [3.8, 4) is 0 Å². The van der Waals surface area contributed by atoms with Crippen molar-refractivity contribution in [2.24, 2.45) is 0 Å². The summed E-state index contributed by atoms with van der Waals surface area (Å²) in [5.41, 5.74) is 3.07. The van der Waals surface area contributed by atoms with Crippen molar-refractivity contribution >= 4 is 11.3 Å². The van der Waals surface area contributed by atoms with Crippen LogP contribution in [0.15, 0.2) is 30.3 Å². The smallest absolute Gasteiger partial charge is 0.104 e. The minimum absolute atomic E-state index is 0.210. The van der Waals surface area contributed by atoms with Gasteiger partial charge in [-0.25, -0.2) is 4.98 Å². The second kappa shape index (κ2) is 5.22. The average molecular weight is 298 g/mol. The molecule has 0 bridgehead atoms. The quantitative estimate of drug-likeness (QED) is 0.894. The topological polar surface area (TPSA) is 24.9 Å². The largest absolute Gasteiger partial charge is 0.315 e. The second-order valence-corrected chi connectivity index (χ2v) is 7.52. The molecule has 0 spiro atoms. The van der Waals surface area contributed by atoms with Crippen LogP contribution in [0.1, 0.15) is 59.2 Å². The molecule has 2 aliphatic carbocycles. The zero-order valence-corrected chi connectivity index (χ0v) is 13.4. The van der Waals surface area contributed by atoms with Crippen LogP contribution in [0.5, 0.6) is 0 Å². The van der Waals surface area contributed by atoms with Gasteiger partial charge in [-0.3, -0.25) is 0 Å². The van der Waals surface area contributed by atoms with E-state index in [4.69, 9.17) is 4.98 Å². The van der Waals surface area contributed by atoms with Gasteiger partial charge in [0.15, 0.2) is 0 Å². The first kappa shape index (κ1) is 13.5. The predicted octanol–water partition coefficient (Wildman–Crippen LogP) is 4.21. The lowest BCUT2D eigenvalue weighted by molar-refractivity contribution is 0.300. The highest BCUT2D eigenvalue weighted by molar-refractivity contribution is 7.12. The molecule has 0 saturated heterocycles. The van der Waals surface area contributed by atoms with E-state index < -0.39 is 0 Å². The first-order chi connectivity index (χ1) is 10.3. The van der Waals surface area contributed by atoms with E-state index in [-0.39, 0.29) is 5.41 Å². The van der Waals surface area contributed by atoms with Crippen LogP contribution in [0.3, 0.4) is 0 Å². The number of nitrogens with zero attached hydrogens (tertiary/aromatic N) is 1. The minimum Gasteiger partial charge on any atom is -0.315 e. The van der Waals surface area contributed by atoms with Crippen LogP contribution in [0.2, 0.25) is 0 Å². The zero-order valence-electron chi connectivity index (χ0n) is 12.6. The van der Waals surface area contributed by atoms with E-state index in [1.54, 1.807) is 0 Å². The monoisotopic (exact) mass is 298 g/mol. The number of aromatic nitrogens is 1. The summed E-state index contributed by atoms with van der Waals surface area (Å²) < 4.78 is 0. The maximum absolute atomic E-state index is 5.14. The van der Waals surface area contributed by atoms with Crippen LogP contribution in [-0.4, -0.2) is 12.0 Å². The molecule has 2 aliphatic rings. The highest BCUT2D eigenvalue weighted by Gasteiger charge is 2.44. The fraction of sp³-hybridized carbons (Fsp3) is 0.500. The number of benzene rings is 1. The lowest BCUT2D eigenvalue weighted by Crippen LogP contribution is -2.35. The molecule has 0 radical (unpaired) electrons. The third kappa shape index (κ3) is 2.23. The lowest BCUT2D eigenvalue weighted by atomic mass is 9.65. The maximum Gasteiger partial charge on any atom is 0.104 e. The molecule has 1 aromatic carbocycles. The number of rotatable bonds is 5. The third-order valence-corrected chi connectivity index (χ3v) is 6.25. The Bertz CT molecular complexity index is 624. The molecule has 0 atom stereocenters. The Balaban J connectivity index is 1.76. The van der Waals surface area contributed by atoms with Gasteiger partial charge in [-0.05, 0) is 38.3 Å². The number of hydrogen-bond donors (Lipinski definition) is 1. The molecule has 0 aliphatic heterocycles. The van der Waals surface area contributed by atoms with Crippen molar-refractivity contribution in [3.05, 3.63) is 51.5 Å². The van der Waals surface area contributed by atoms with Gasteiger partial charge in [-0.1, -0.05) is 36.8 Å². The summed E-state index contributed by atoms with van der Waals surface area (Å²) in [5, 5.41) is 4.69. The van der Waals surface area contributed by atoms with Crippen molar-refractivity contribution in [1.82, 2.24) is 10.3 Å². The number of nitrogens with one attached hydrogen (secondary N) is 1. The van der Waals surface area contributed by atoms with E-state index in [9.17, 15) is 0 Å². The van der Waals surface area contributed by atoms with Gasteiger partial charge in [0.05, 0.1) is 5.69 Å². The molecule has 1 N–H and O–H groups in total. The fourth-order valence-corrected chi connectivity index (χ4v) is 4.87. The van der Waals surface area contributed by atoms with Gasteiger partial charge in [-0.2, -0.15) is 0 Å². The summed E-state index contributed by atoms with van der Waals surface area (Å²) in [4.78, 5) is 6.61. The van der Waals surface area contributed by atoms with Crippen LogP contribution in [0, 0.1) is 0 Å². The highest BCUT2D eigenvalue weighted by Crippen LogP contribution is 2.52. The van der Waals surface area contributed by atoms with Crippen LogP contribution in [0.25, 0.3) is 0 Å². The third-order valence-electron chi connectivity index (χ3n) is 4.97. The molecule has 0 amide bonds. The van der Waals surface area contributed by atoms with Gasteiger partial charge in [-0.15, -0.1) is 11.3 Å². The molecule has 4 rings (SSSR count). The fourth-order valence-electron chi connectivity index (χ4n) is 3.44. The lowest BCUT2D eigenvalue weighted by Gasteiger charge is -2.40. The molecule has 1 aromatic heterocycles. The molecular weight excluding hydrogens is 276 g/mol. The van der Waals surface area contributed by atoms with Crippen molar-refractivity contribution in [3.63, 3.8) is 0 Å². The van der Waals surface area contributed by atoms with Crippen molar-refractivity contribution in [2.45, 2.75) is 50.0 Å². The van der Waals surface area contributed by atoms with Gasteiger partial charge < -0.3 is 5.32 Å². The van der Waals surface area contributed by atoms with Crippen LogP contribution >= 0.6 is 11.3 Å². The minimum atomic E-state index is 0.210. The SMILES string of the molecule is CNCc1sc(C2(c3ccccc3)CCC2)nc1C1CC1.